The molecule has 0 aliphatic rings. The fourth-order valence-electron chi connectivity index (χ4n) is 3.81. The highest BCUT2D eigenvalue weighted by Gasteiger charge is 2.29. The van der Waals surface area contributed by atoms with E-state index < -0.39 is 21.9 Å². The van der Waals surface area contributed by atoms with Gasteiger partial charge in [0.2, 0.25) is 21.8 Å². The molecule has 2 aromatic rings. The van der Waals surface area contributed by atoms with E-state index in [9.17, 15) is 22.4 Å². The van der Waals surface area contributed by atoms with E-state index in [0.29, 0.717) is 27.7 Å². The van der Waals surface area contributed by atoms with E-state index in [-0.39, 0.29) is 43.8 Å². The van der Waals surface area contributed by atoms with Crippen molar-refractivity contribution in [2.75, 3.05) is 17.1 Å². The van der Waals surface area contributed by atoms with Gasteiger partial charge < -0.3 is 10.2 Å². The van der Waals surface area contributed by atoms with Crippen LogP contribution in [-0.2, 0) is 26.2 Å². The molecule has 0 aliphatic carbocycles. The van der Waals surface area contributed by atoms with Crippen LogP contribution >= 0.6 is 23.2 Å². The number of rotatable bonds is 13. The van der Waals surface area contributed by atoms with E-state index in [4.69, 9.17) is 23.2 Å². The number of nitrogens with one attached hydrogen (secondary N) is 1. The predicted molar refractivity (Wildman–Crippen MR) is 147 cm³/mol. The minimum atomic E-state index is -3.66. The van der Waals surface area contributed by atoms with Crippen LogP contribution in [0.1, 0.15) is 52.0 Å². The molecule has 2 rings (SSSR count). The number of nitrogens with zero attached hydrogens (tertiary/aromatic N) is 2. The van der Waals surface area contributed by atoms with Gasteiger partial charge in [0.05, 0.1) is 22.0 Å². The molecule has 0 unspecified atom stereocenters. The van der Waals surface area contributed by atoms with Crippen LogP contribution in [0.2, 0.25) is 10.0 Å². The summed E-state index contributed by atoms with van der Waals surface area (Å²) in [6, 6.07) is 9.37. The summed E-state index contributed by atoms with van der Waals surface area (Å²) in [6.07, 6.45) is 2.39. The number of anilines is 1. The first-order chi connectivity index (χ1) is 17.4. The Bertz CT molecular complexity index is 1180. The number of halogens is 3. The zero-order chi connectivity index (χ0) is 27.8. The van der Waals surface area contributed by atoms with Gasteiger partial charge in [-0.2, -0.15) is 0 Å². The average Bonchev–Trinajstić information content (AvgIpc) is 2.83. The van der Waals surface area contributed by atoms with Gasteiger partial charge in [0.15, 0.2) is 0 Å². The Morgan fingerprint density at radius 2 is 1.68 bits per heavy atom. The number of sulfonamides is 1. The highest BCUT2D eigenvalue weighted by atomic mass is 35.5. The van der Waals surface area contributed by atoms with E-state index in [1.807, 2.05) is 20.8 Å². The molecule has 204 valence electrons. The Morgan fingerprint density at radius 3 is 2.22 bits per heavy atom. The number of carbonyl (C=O) groups is 2. The van der Waals surface area contributed by atoms with Gasteiger partial charge in [0.25, 0.3) is 0 Å². The van der Waals surface area contributed by atoms with Gasteiger partial charge in [-0.05, 0) is 68.1 Å². The van der Waals surface area contributed by atoms with Gasteiger partial charge in [-0.3, -0.25) is 13.9 Å². The minimum absolute atomic E-state index is 0.00163. The molecular weight excluding hydrogens is 540 g/mol. The molecule has 2 atom stereocenters. The van der Waals surface area contributed by atoms with Crippen molar-refractivity contribution in [1.82, 2.24) is 10.2 Å². The molecule has 2 aromatic carbocycles. The molecule has 1 N–H and O–H groups in total. The van der Waals surface area contributed by atoms with Crippen molar-refractivity contribution in [3.63, 3.8) is 0 Å². The van der Waals surface area contributed by atoms with Crippen LogP contribution in [0.3, 0.4) is 0 Å². The molecule has 0 aromatic heterocycles. The molecule has 0 heterocycles. The predicted octanol–water partition coefficient (Wildman–Crippen LogP) is 5.40. The van der Waals surface area contributed by atoms with Crippen molar-refractivity contribution in [2.45, 2.75) is 65.1 Å². The monoisotopic (exact) mass is 573 g/mol. The van der Waals surface area contributed by atoms with Gasteiger partial charge in [-0.1, -0.05) is 43.1 Å². The van der Waals surface area contributed by atoms with Crippen LogP contribution in [0.5, 0.6) is 0 Å². The normalized spacial score (nSPS) is 13.1. The summed E-state index contributed by atoms with van der Waals surface area (Å²) in [6.45, 7) is 5.84. The number of hydrogen-bond donors (Lipinski definition) is 1. The lowest BCUT2D eigenvalue weighted by Crippen LogP contribution is -2.50. The quantitative estimate of drug-likeness (QED) is 0.347. The largest absolute Gasteiger partial charge is 0.352 e. The van der Waals surface area contributed by atoms with Crippen molar-refractivity contribution in [3.05, 3.63) is 63.9 Å². The third kappa shape index (κ3) is 9.16. The van der Waals surface area contributed by atoms with Crippen LogP contribution in [0.15, 0.2) is 42.5 Å². The Balaban J connectivity index is 2.24. The van der Waals surface area contributed by atoms with Gasteiger partial charge in [0.1, 0.15) is 11.9 Å². The molecule has 0 spiro atoms. The maximum Gasteiger partial charge on any atom is 0.243 e. The molecule has 7 nitrogen and oxygen atoms in total. The summed E-state index contributed by atoms with van der Waals surface area (Å²) < 4.78 is 39.2. The molecule has 0 bridgehead atoms. The zero-order valence-electron chi connectivity index (χ0n) is 21.5. The third-order valence-electron chi connectivity index (χ3n) is 5.99. The van der Waals surface area contributed by atoms with Crippen molar-refractivity contribution in [2.24, 2.45) is 0 Å². The number of amides is 2. The van der Waals surface area contributed by atoms with Crippen molar-refractivity contribution < 1.29 is 22.4 Å². The molecule has 0 saturated heterocycles. The second-order valence-corrected chi connectivity index (χ2v) is 11.6. The highest BCUT2D eigenvalue weighted by molar-refractivity contribution is 7.92. The molecule has 0 aliphatic heterocycles. The lowest BCUT2D eigenvalue weighted by atomic mass is 10.1. The number of carbonyl (C=O) groups excluding carboxylic acids is 2. The van der Waals surface area contributed by atoms with Crippen LogP contribution < -0.4 is 9.62 Å². The van der Waals surface area contributed by atoms with Crippen LogP contribution in [0, 0.1) is 5.82 Å². The molecule has 0 radical (unpaired) electrons. The Kier molecular flexibility index (Phi) is 11.7. The first kappa shape index (κ1) is 30.9. The maximum atomic E-state index is 13.4. The summed E-state index contributed by atoms with van der Waals surface area (Å²) in [4.78, 5) is 28.0. The van der Waals surface area contributed by atoms with Gasteiger partial charge in [0, 0.05) is 25.6 Å². The first-order valence-corrected chi connectivity index (χ1v) is 14.7. The maximum absolute atomic E-state index is 13.4. The van der Waals surface area contributed by atoms with E-state index in [1.165, 1.54) is 29.2 Å². The number of benzene rings is 2. The lowest BCUT2D eigenvalue weighted by Gasteiger charge is -2.32. The van der Waals surface area contributed by atoms with Crippen LogP contribution in [-0.4, -0.2) is 50.0 Å². The lowest BCUT2D eigenvalue weighted by molar-refractivity contribution is -0.141. The van der Waals surface area contributed by atoms with Gasteiger partial charge >= 0.3 is 0 Å². The Hall–Kier alpha value is -2.36. The fraction of sp³-hybridized carbons (Fsp3) is 0.462. The smallest absolute Gasteiger partial charge is 0.243 e. The number of hydrogen-bond acceptors (Lipinski definition) is 4. The van der Waals surface area contributed by atoms with E-state index in [0.717, 1.165) is 17.0 Å². The second-order valence-electron chi connectivity index (χ2n) is 8.93. The summed E-state index contributed by atoms with van der Waals surface area (Å²) in [5.41, 5.74) is 1.02. The fourth-order valence-corrected chi connectivity index (χ4v) is 5.09. The molecule has 0 fully saturated rings. The Labute approximate surface area is 229 Å². The summed E-state index contributed by atoms with van der Waals surface area (Å²) in [5, 5.41) is 3.66. The van der Waals surface area contributed by atoms with Crippen molar-refractivity contribution in [3.8, 4) is 0 Å². The SMILES string of the molecule is CC[C@@H](C)NC(=O)[C@@H](CC)N(Cc1ccc(Cl)c(Cl)c1)C(=O)CCCN(c1ccc(F)cc1)S(C)(=O)=O. The van der Waals surface area contributed by atoms with Crippen molar-refractivity contribution in [1.29, 1.82) is 0 Å². The topological polar surface area (TPSA) is 86.8 Å². The zero-order valence-corrected chi connectivity index (χ0v) is 23.8. The first-order valence-electron chi connectivity index (χ1n) is 12.1. The second kappa shape index (κ2) is 14.0. The van der Waals surface area contributed by atoms with Crippen molar-refractivity contribution >= 4 is 50.7 Å². The highest BCUT2D eigenvalue weighted by Crippen LogP contribution is 2.25. The third-order valence-corrected chi connectivity index (χ3v) is 7.92. The van der Waals surface area contributed by atoms with E-state index >= 15 is 0 Å². The Morgan fingerprint density at radius 1 is 1.03 bits per heavy atom. The van der Waals surface area contributed by atoms with Gasteiger partial charge in [-0.15, -0.1) is 0 Å². The summed E-state index contributed by atoms with van der Waals surface area (Å²) >= 11 is 12.2. The average molecular weight is 575 g/mol. The standard InChI is InChI=1S/C26H34Cl2FN3O4S/c1-5-18(3)30-26(34)24(6-2)31(17-19-9-14-22(27)23(28)16-19)25(33)8-7-15-32(37(4,35)36)21-12-10-20(29)11-13-21/h9-14,16,18,24H,5-8,15,17H2,1-4H3,(H,30,34)/t18-,24-/m1/s1. The summed E-state index contributed by atoms with van der Waals surface area (Å²) in [5.74, 6) is -1.04. The van der Waals surface area contributed by atoms with Crippen LogP contribution in [0.4, 0.5) is 10.1 Å². The molecular formula is C26H34Cl2FN3O4S. The summed E-state index contributed by atoms with van der Waals surface area (Å²) in [7, 11) is -3.66. The molecule has 37 heavy (non-hydrogen) atoms. The van der Waals surface area contributed by atoms with E-state index in [1.54, 1.807) is 18.2 Å². The van der Waals surface area contributed by atoms with E-state index in [2.05, 4.69) is 5.32 Å². The minimum Gasteiger partial charge on any atom is -0.352 e. The molecule has 0 saturated carbocycles. The van der Waals surface area contributed by atoms with Crippen LogP contribution in [0.25, 0.3) is 0 Å². The molecule has 2 amide bonds. The molecule has 11 heteroatoms. The van der Waals surface area contributed by atoms with Gasteiger partial charge in [-0.25, -0.2) is 12.8 Å².